The van der Waals surface area contributed by atoms with Crippen molar-refractivity contribution in [2.45, 2.75) is 45.0 Å². The minimum absolute atomic E-state index is 0.0615. The van der Waals surface area contributed by atoms with Gasteiger partial charge >= 0.3 is 0 Å². The number of methoxy groups -OCH3 is 1. The quantitative estimate of drug-likeness (QED) is 0.555. The monoisotopic (exact) mass is 495 g/mol. The molecule has 0 saturated carbocycles. The molecule has 0 spiro atoms. The van der Waals surface area contributed by atoms with Crippen LogP contribution in [0.25, 0.3) is 0 Å². The molecule has 36 heavy (non-hydrogen) atoms. The van der Waals surface area contributed by atoms with Gasteiger partial charge in [0.1, 0.15) is 23.9 Å². The summed E-state index contributed by atoms with van der Waals surface area (Å²) in [6.07, 6.45) is 4.26. The zero-order valence-corrected chi connectivity index (χ0v) is 20.3. The first-order valence-electron chi connectivity index (χ1n) is 12.2. The van der Waals surface area contributed by atoms with E-state index in [-0.39, 0.29) is 24.1 Å². The van der Waals surface area contributed by atoms with Crippen LogP contribution in [0.2, 0.25) is 0 Å². The highest BCUT2D eigenvalue weighted by molar-refractivity contribution is 5.97. The van der Waals surface area contributed by atoms with Crippen LogP contribution in [-0.4, -0.2) is 58.6 Å². The van der Waals surface area contributed by atoms with E-state index in [1.165, 1.54) is 18.2 Å². The van der Waals surface area contributed by atoms with E-state index in [0.29, 0.717) is 55.6 Å². The Morgan fingerprint density at radius 2 is 2.08 bits per heavy atom. The van der Waals surface area contributed by atoms with Crippen LogP contribution in [0, 0.1) is 5.82 Å². The standard InChI is InChI=1S/C26H30FN5O4/c1-34-24-7-2-5-18-14-31-10-3-6-20(15-31)28-26(33)22-13-19(27)8-9-23(22)35-12-4-11-32-16-21(29-30-32)17-36-25(18)24/h2,5,7-9,13,16,20H,3-4,6,10-12,14-15,17H2,1H3,(H,28,33). The van der Waals surface area contributed by atoms with Crippen molar-refractivity contribution in [3.63, 3.8) is 0 Å². The number of aryl methyl sites for hydroxylation is 1. The van der Waals surface area contributed by atoms with Crippen molar-refractivity contribution in [3.8, 4) is 17.2 Å². The van der Waals surface area contributed by atoms with Gasteiger partial charge in [-0.25, -0.2) is 4.39 Å². The van der Waals surface area contributed by atoms with Gasteiger partial charge in [-0.2, -0.15) is 0 Å². The number of ether oxygens (including phenoxy) is 3. The molecule has 190 valence electrons. The lowest BCUT2D eigenvalue weighted by atomic mass is 10.0. The van der Waals surface area contributed by atoms with Crippen LogP contribution in [0.4, 0.5) is 4.39 Å². The normalized spacial score (nSPS) is 20.8. The summed E-state index contributed by atoms with van der Waals surface area (Å²) in [7, 11) is 1.62. The third-order valence-corrected chi connectivity index (χ3v) is 6.44. The van der Waals surface area contributed by atoms with Gasteiger partial charge in [0, 0.05) is 37.7 Å². The van der Waals surface area contributed by atoms with Crippen LogP contribution in [0.1, 0.15) is 40.9 Å². The maximum absolute atomic E-state index is 14.0. The van der Waals surface area contributed by atoms with Crippen molar-refractivity contribution in [3.05, 3.63) is 65.2 Å². The topological polar surface area (TPSA) is 90.7 Å². The average Bonchev–Trinajstić information content (AvgIpc) is 3.33. The maximum atomic E-state index is 14.0. The number of fused-ring (bicyclic) bond motifs is 6. The van der Waals surface area contributed by atoms with Crippen LogP contribution in [0.5, 0.6) is 17.2 Å². The van der Waals surface area contributed by atoms with Crippen molar-refractivity contribution < 1.29 is 23.4 Å². The van der Waals surface area contributed by atoms with Crippen LogP contribution < -0.4 is 19.5 Å². The Bertz CT molecular complexity index is 1220. The molecule has 5 rings (SSSR count). The molecule has 1 amide bonds. The number of benzene rings is 2. The molecule has 1 saturated heterocycles. The molecule has 0 aliphatic carbocycles. The Kier molecular flexibility index (Phi) is 7.31. The lowest BCUT2D eigenvalue weighted by molar-refractivity contribution is 0.0895. The van der Waals surface area contributed by atoms with E-state index in [1.54, 1.807) is 11.8 Å². The average molecular weight is 496 g/mol. The number of para-hydroxylation sites is 1. The lowest BCUT2D eigenvalue weighted by Gasteiger charge is -2.33. The molecule has 2 aliphatic rings. The Morgan fingerprint density at radius 1 is 1.17 bits per heavy atom. The highest BCUT2D eigenvalue weighted by atomic mass is 19.1. The lowest BCUT2D eigenvalue weighted by Crippen LogP contribution is -2.47. The highest BCUT2D eigenvalue weighted by Gasteiger charge is 2.25. The number of hydrogen-bond donors (Lipinski definition) is 1. The van der Waals surface area contributed by atoms with E-state index in [4.69, 9.17) is 14.2 Å². The molecule has 10 heteroatoms. The first kappa shape index (κ1) is 24.1. The van der Waals surface area contributed by atoms with Gasteiger partial charge in [-0.3, -0.25) is 14.4 Å². The van der Waals surface area contributed by atoms with Gasteiger partial charge in [-0.1, -0.05) is 17.3 Å². The number of carbonyl (C=O) groups is 1. The molecule has 0 radical (unpaired) electrons. The van der Waals surface area contributed by atoms with E-state index in [0.717, 1.165) is 24.9 Å². The number of nitrogens with zero attached hydrogens (tertiary/aromatic N) is 4. The summed E-state index contributed by atoms with van der Waals surface area (Å²) in [5.41, 5.74) is 1.91. The predicted octanol–water partition coefficient (Wildman–Crippen LogP) is 3.18. The fourth-order valence-corrected chi connectivity index (χ4v) is 4.71. The van der Waals surface area contributed by atoms with Gasteiger partial charge in [0.2, 0.25) is 0 Å². The molecule has 1 fully saturated rings. The van der Waals surface area contributed by atoms with Gasteiger partial charge in [-0.05, 0) is 43.7 Å². The molecule has 3 aromatic rings. The molecule has 1 N–H and O–H groups in total. The minimum Gasteiger partial charge on any atom is -0.493 e. The number of aromatic nitrogens is 3. The first-order chi connectivity index (χ1) is 17.6. The largest absolute Gasteiger partial charge is 0.493 e. The second-order valence-corrected chi connectivity index (χ2v) is 9.10. The molecular weight excluding hydrogens is 465 g/mol. The van der Waals surface area contributed by atoms with E-state index >= 15 is 0 Å². The number of hydrogen-bond acceptors (Lipinski definition) is 7. The Morgan fingerprint density at radius 3 is 2.97 bits per heavy atom. The summed E-state index contributed by atoms with van der Waals surface area (Å²) in [4.78, 5) is 15.4. The molecule has 2 aliphatic heterocycles. The summed E-state index contributed by atoms with van der Waals surface area (Å²) in [6, 6.07) is 9.83. The fourth-order valence-electron chi connectivity index (χ4n) is 4.71. The number of nitrogens with one attached hydrogen (secondary N) is 1. The van der Waals surface area contributed by atoms with Gasteiger partial charge in [0.15, 0.2) is 11.5 Å². The molecule has 9 nitrogen and oxygen atoms in total. The van der Waals surface area contributed by atoms with Gasteiger partial charge in [0.05, 0.1) is 25.5 Å². The summed E-state index contributed by atoms with van der Waals surface area (Å²) in [5.74, 6) is 0.894. The third kappa shape index (κ3) is 5.59. The van der Waals surface area contributed by atoms with Crippen molar-refractivity contribution in [1.82, 2.24) is 25.2 Å². The molecule has 3 heterocycles. The van der Waals surface area contributed by atoms with Crippen molar-refractivity contribution in [1.29, 1.82) is 0 Å². The van der Waals surface area contributed by atoms with Crippen molar-refractivity contribution >= 4 is 5.91 Å². The molecule has 2 atom stereocenters. The Balaban J connectivity index is 1.43. The zero-order chi connectivity index (χ0) is 24.9. The predicted molar refractivity (Wildman–Crippen MR) is 130 cm³/mol. The third-order valence-electron chi connectivity index (χ3n) is 6.44. The van der Waals surface area contributed by atoms with Crippen LogP contribution >= 0.6 is 0 Å². The summed E-state index contributed by atoms with van der Waals surface area (Å²) in [6.45, 7) is 3.39. The molecule has 2 aromatic carbocycles. The number of amides is 1. The van der Waals surface area contributed by atoms with E-state index in [2.05, 4.69) is 20.5 Å². The van der Waals surface area contributed by atoms with E-state index in [1.807, 2.05) is 24.4 Å². The Hall–Kier alpha value is -3.66. The number of halogens is 1. The highest BCUT2D eigenvalue weighted by Crippen LogP contribution is 2.33. The summed E-state index contributed by atoms with van der Waals surface area (Å²) < 4.78 is 33.4. The summed E-state index contributed by atoms with van der Waals surface area (Å²) >= 11 is 0. The van der Waals surface area contributed by atoms with Crippen molar-refractivity contribution in [2.24, 2.45) is 0 Å². The van der Waals surface area contributed by atoms with Crippen LogP contribution in [0.15, 0.2) is 42.6 Å². The molecule has 1 aromatic heterocycles. The van der Waals surface area contributed by atoms with Crippen LogP contribution in [-0.2, 0) is 19.7 Å². The fraction of sp³-hybridized carbons (Fsp3) is 0.423. The Labute approximate surface area is 209 Å². The van der Waals surface area contributed by atoms with Gasteiger partial charge in [0.25, 0.3) is 5.91 Å². The summed E-state index contributed by atoms with van der Waals surface area (Å²) in [5, 5.41) is 11.5. The van der Waals surface area contributed by atoms with Gasteiger partial charge in [-0.15, -0.1) is 5.10 Å². The molecular formula is C26H30FN5O4. The number of carbonyl (C=O) groups excluding carboxylic acids is 1. The number of rotatable bonds is 1. The molecule has 2 unspecified atom stereocenters. The SMILES string of the molecule is COc1cccc2c1OCc1cn(nn1)CCCOc1ccc(F)cc1C(=O)NC1CCCN(C2)C1. The number of piperidine rings is 1. The van der Waals surface area contributed by atoms with Crippen LogP contribution in [0.3, 0.4) is 0 Å². The van der Waals surface area contributed by atoms with E-state index in [9.17, 15) is 9.18 Å². The van der Waals surface area contributed by atoms with Gasteiger partial charge < -0.3 is 19.5 Å². The smallest absolute Gasteiger partial charge is 0.255 e. The maximum Gasteiger partial charge on any atom is 0.255 e. The second-order valence-electron chi connectivity index (χ2n) is 9.10. The van der Waals surface area contributed by atoms with Crippen molar-refractivity contribution in [2.75, 3.05) is 26.8 Å². The zero-order valence-electron chi connectivity index (χ0n) is 20.3. The molecule has 4 bridgehead atoms. The van der Waals surface area contributed by atoms with E-state index < -0.39 is 5.82 Å². The first-order valence-corrected chi connectivity index (χ1v) is 12.2. The minimum atomic E-state index is -0.475. The second kappa shape index (κ2) is 10.9.